The number of halogens is 1. The Morgan fingerprint density at radius 2 is 1.86 bits per heavy atom. The highest BCUT2D eigenvalue weighted by atomic mass is 19.1. The minimum atomic E-state index is -0.785. The zero-order chi connectivity index (χ0) is 15.9. The molecule has 21 heavy (non-hydrogen) atoms. The molecule has 0 aliphatic heterocycles. The van der Waals surface area contributed by atoms with E-state index < -0.39 is 5.97 Å². The Kier molecular flexibility index (Phi) is 6.62. The molecule has 1 aromatic carbocycles. The Labute approximate surface area is 125 Å². The Morgan fingerprint density at radius 1 is 1.24 bits per heavy atom. The summed E-state index contributed by atoms with van der Waals surface area (Å²) in [6.45, 7) is 8.00. The quantitative estimate of drug-likeness (QED) is 0.749. The number of benzene rings is 1. The largest absolute Gasteiger partial charge is 0.494 e. The SMILES string of the molecule is CC(C)(C)N(CCCOc1ccc(F)cc1)CCC(=O)O. The second-order valence-electron chi connectivity index (χ2n) is 5.96. The van der Waals surface area contributed by atoms with Crippen LogP contribution in [0.25, 0.3) is 0 Å². The molecule has 4 nitrogen and oxygen atoms in total. The monoisotopic (exact) mass is 297 g/mol. The predicted octanol–water partition coefficient (Wildman–Crippen LogP) is 3.17. The van der Waals surface area contributed by atoms with Crippen LogP contribution in [0.5, 0.6) is 5.75 Å². The summed E-state index contributed by atoms with van der Waals surface area (Å²) in [6, 6.07) is 5.93. The van der Waals surface area contributed by atoms with Gasteiger partial charge >= 0.3 is 5.97 Å². The summed E-state index contributed by atoms with van der Waals surface area (Å²) >= 11 is 0. The fourth-order valence-electron chi connectivity index (χ4n) is 1.99. The maximum atomic E-state index is 12.8. The molecule has 5 heteroatoms. The van der Waals surface area contributed by atoms with Crippen molar-refractivity contribution in [3.8, 4) is 5.75 Å². The fourth-order valence-corrected chi connectivity index (χ4v) is 1.99. The van der Waals surface area contributed by atoms with E-state index in [2.05, 4.69) is 25.7 Å². The number of carboxylic acids is 1. The highest BCUT2D eigenvalue weighted by Gasteiger charge is 2.21. The van der Waals surface area contributed by atoms with Crippen LogP contribution in [0.2, 0.25) is 0 Å². The number of rotatable bonds is 8. The molecule has 0 heterocycles. The van der Waals surface area contributed by atoms with E-state index in [1.54, 1.807) is 12.1 Å². The zero-order valence-electron chi connectivity index (χ0n) is 12.9. The van der Waals surface area contributed by atoms with Gasteiger partial charge in [0.25, 0.3) is 0 Å². The van der Waals surface area contributed by atoms with E-state index in [0.29, 0.717) is 18.9 Å². The summed E-state index contributed by atoms with van der Waals surface area (Å²) in [5.74, 6) is -0.425. The van der Waals surface area contributed by atoms with E-state index in [1.165, 1.54) is 12.1 Å². The molecule has 1 aromatic rings. The first-order chi connectivity index (χ1) is 9.79. The second-order valence-corrected chi connectivity index (χ2v) is 5.96. The summed E-state index contributed by atoms with van der Waals surface area (Å²) in [5, 5.41) is 8.79. The van der Waals surface area contributed by atoms with Crippen LogP contribution < -0.4 is 4.74 Å². The van der Waals surface area contributed by atoms with Crippen molar-refractivity contribution in [2.24, 2.45) is 0 Å². The van der Waals surface area contributed by atoms with Gasteiger partial charge in [-0.05, 0) is 51.5 Å². The molecule has 0 saturated heterocycles. The van der Waals surface area contributed by atoms with Gasteiger partial charge < -0.3 is 9.84 Å². The van der Waals surface area contributed by atoms with Gasteiger partial charge in [0.1, 0.15) is 11.6 Å². The molecule has 0 spiro atoms. The minimum absolute atomic E-state index is 0.0781. The fraction of sp³-hybridized carbons (Fsp3) is 0.562. The molecule has 0 atom stereocenters. The smallest absolute Gasteiger partial charge is 0.304 e. The molecule has 0 aliphatic carbocycles. The van der Waals surface area contributed by atoms with Gasteiger partial charge in [0, 0.05) is 18.6 Å². The highest BCUT2D eigenvalue weighted by molar-refractivity contribution is 5.66. The lowest BCUT2D eigenvalue weighted by atomic mass is 10.1. The summed E-state index contributed by atoms with van der Waals surface area (Å²) in [5.41, 5.74) is -0.0781. The number of carbonyl (C=O) groups is 1. The van der Waals surface area contributed by atoms with Gasteiger partial charge in [0.05, 0.1) is 13.0 Å². The van der Waals surface area contributed by atoms with Crippen LogP contribution in [0.1, 0.15) is 33.6 Å². The molecular formula is C16H24FNO3. The summed E-state index contributed by atoms with van der Waals surface area (Å²) in [4.78, 5) is 12.8. The maximum absolute atomic E-state index is 12.8. The average molecular weight is 297 g/mol. The van der Waals surface area contributed by atoms with Crippen molar-refractivity contribution >= 4 is 5.97 Å². The molecule has 0 aliphatic rings. The second kappa shape index (κ2) is 7.98. The van der Waals surface area contributed by atoms with Gasteiger partial charge in [0.15, 0.2) is 0 Å². The molecule has 118 valence electrons. The molecule has 0 aromatic heterocycles. The van der Waals surface area contributed by atoms with E-state index >= 15 is 0 Å². The normalized spacial score (nSPS) is 11.7. The average Bonchev–Trinajstić information content (AvgIpc) is 2.38. The van der Waals surface area contributed by atoms with Gasteiger partial charge in [-0.2, -0.15) is 0 Å². The van der Waals surface area contributed by atoms with E-state index in [-0.39, 0.29) is 17.8 Å². The Balaban J connectivity index is 2.35. The van der Waals surface area contributed by atoms with Gasteiger partial charge in [0.2, 0.25) is 0 Å². The molecular weight excluding hydrogens is 273 g/mol. The van der Waals surface area contributed by atoms with Crippen LogP contribution in [0.3, 0.4) is 0 Å². The number of nitrogens with zero attached hydrogens (tertiary/aromatic N) is 1. The minimum Gasteiger partial charge on any atom is -0.494 e. The molecule has 0 radical (unpaired) electrons. The van der Waals surface area contributed by atoms with Crippen LogP contribution in [0.15, 0.2) is 24.3 Å². The Hall–Kier alpha value is -1.62. The number of hydrogen-bond donors (Lipinski definition) is 1. The number of hydrogen-bond acceptors (Lipinski definition) is 3. The highest BCUT2D eigenvalue weighted by Crippen LogP contribution is 2.15. The molecule has 0 unspecified atom stereocenters. The third-order valence-electron chi connectivity index (χ3n) is 3.20. The lowest BCUT2D eigenvalue weighted by Gasteiger charge is -2.35. The van der Waals surface area contributed by atoms with E-state index in [1.807, 2.05) is 0 Å². The van der Waals surface area contributed by atoms with Crippen molar-refractivity contribution in [3.05, 3.63) is 30.1 Å². The molecule has 0 fully saturated rings. The van der Waals surface area contributed by atoms with Crippen molar-refractivity contribution in [2.45, 2.75) is 39.2 Å². The van der Waals surface area contributed by atoms with E-state index in [0.717, 1.165) is 13.0 Å². The van der Waals surface area contributed by atoms with Crippen LogP contribution in [-0.4, -0.2) is 41.2 Å². The predicted molar refractivity (Wildman–Crippen MR) is 80.1 cm³/mol. The molecule has 1 rings (SSSR count). The van der Waals surface area contributed by atoms with Crippen LogP contribution in [-0.2, 0) is 4.79 Å². The standard InChI is InChI=1S/C16H24FNO3/c1-16(2,3)18(11-9-15(19)20)10-4-12-21-14-7-5-13(17)6-8-14/h5-8H,4,9-12H2,1-3H3,(H,19,20). The summed E-state index contributed by atoms with van der Waals surface area (Å²) < 4.78 is 18.3. The number of ether oxygens (including phenoxy) is 1. The number of carboxylic acid groups (broad SMARTS) is 1. The lowest BCUT2D eigenvalue weighted by Crippen LogP contribution is -2.43. The van der Waals surface area contributed by atoms with Crippen LogP contribution in [0.4, 0.5) is 4.39 Å². The van der Waals surface area contributed by atoms with E-state index in [9.17, 15) is 9.18 Å². The Bertz CT molecular complexity index is 440. The third-order valence-corrected chi connectivity index (χ3v) is 3.20. The van der Waals surface area contributed by atoms with Gasteiger partial charge in [-0.1, -0.05) is 0 Å². The van der Waals surface area contributed by atoms with E-state index in [4.69, 9.17) is 9.84 Å². The summed E-state index contributed by atoms with van der Waals surface area (Å²) in [6.07, 6.45) is 0.921. The third kappa shape index (κ3) is 7.09. The van der Waals surface area contributed by atoms with Crippen LogP contribution >= 0.6 is 0 Å². The zero-order valence-corrected chi connectivity index (χ0v) is 12.9. The van der Waals surface area contributed by atoms with Gasteiger partial charge in [-0.15, -0.1) is 0 Å². The van der Waals surface area contributed by atoms with Crippen molar-refractivity contribution in [2.75, 3.05) is 19.7 Å². The maximum Gasteiger partial charge on any atom is 0.304 e. The van der Waals surface area contributed by atoms with Crippen molar-refractivity contribution in [3.63, 3.8) is 0 Å². The van der Waals surface area contributed by atoms with Gasteiger partial charge in [-0.3, -0.25) is 9.69 Å². The summed E-state index contributed by atoms with van der Waals surface area (Å²) in [7, 11) is 0. The molecule has 1 N–H and O–H groups in total. The van der Waals surface area contributed by atoms with Crippen molar-refractivity contribution < 1.29 is 19.0 Å². The van der Waals surface area contributed by atoms with Crippen LogP contribution in [0, 0.1) is 5.82 Å². The first kappa shape index (κ1) is 17.4. The van der Waals surface area contributed by atoms with Crippen molar-refractivity contribution in [1.29, 1.82) is 0 Å². The first-order valence-corrected chi connectivity index (χ1v) is 7.14. The molecule has 0 saturated carbocycles. The topological polar surface area (TPSA) is 49.8 Å². The lowest BCUT2D eigenvalue weighted by molar-refractivity contribution is -0.137. The van der Waals surface area contributed by atoms with Gasteiger partial charge in [-0.25, -0.2) is 4.39 Å². The number of aliphatic carboxylic acids is 1. The Morgan fingerprint density at radius 3 is 2.38 bits per heavy atom. The first-order valence-electron chi connectivity index (χ1n) is 7.14. The molecule has 0 amide bonds. The molecule has 0 bridgehead atoms. The van der Waals surface area contributed by atoms with Crippen molar-refractivity contribution in [1.82, 2.24) is 4.90 Å².